The zero-order chi connectivity index (χ0) is 22.6. The highest BCUT2D eigenvalue weighted by molar-refractivity contribution is 5.64. The molecule has 5 rings (SSSR count). The van der Waals surface area contributed by atoms with E-state index >= 15 is 0 Å². The SMILES string of the molecule is CC(C)n1nc(-c2cnc(N)c(OC(F)F)c2)cc1[C@H]1[C@@H]2C[C@@H](N3CCO[C@@H](C)C3)C[C@@H]21. The summed E-state index contributed by atoms with van der Waals surface area (Å²) in [6.45, 7) is 6.30. The molecule has 9 heteroatoms. The van der Waals surface area contributed by atoms with Crippen LogP contribution in [0.15, 0.2) is 18.3 Å². The van der Waals surface area contributed by atoms with Gasteiger partial charge in [-0.2, -0.15) is 13.9 Å². The molecule has 2 aromatic rings. The van der Waals surface area contributed by atoms with E-state index in [1.54, 1.807) is 6.20 Å². The van der Waals surface area contributed by atoms with Gasteiger partial charge in [-0.3, -0.25) is 9.58 Å². The van der Waals surface area contributed by atoms with Crippen molar-refractivity contribution in [1.29, 1.82) is 0 Å². The summed E-state index contributed by atoms with van der Waals surface area (Å²) in [5.74, 6) is 1.69. The molecule has 3 fully saturated rings. The molecule has 0 radical (unpaired) electrons. The maximum atomic E-state index is 12.7. The summed E-state index contributed by atoms with van der Waals surface area (Å²) in [5, 5.41) is 4.80. The minimum Gasteiger partial charge on any atom is -0.431 e. The molecule has 174 valence electrons. The van der Waals surface area contributed by atoms with Gasteiger partial charge in [0.25, 0.3) is 0 Å². The third-order valence-electron chi connectivity index (χ3n) is 7.20. The van der Waals surface area contributed by atoms with Gasteiger partial charge in [-0.15, -0.1) is 0 Å². The lowest BCUT2D eigenvalue weighted by Crippen LogP contribution is -2.46. The summed E-state index contributed by atoms with van der Waals surface area (Å²) in [6.07, 6.45) is 4.31. The molecule has 1 aliphatic heterocycles. The van der Waals surface area contributed by atoms with Crippen LogP contribution in [0, 0.1) is 11.8 Å². The molecule has 0 spiro atoms. The van der Waals surface area contributed by atoms with Crippen LogP contribution in [0.3, 0.4) is 0 Å². The molecule has 2 N–H and O–H groups in total. The van der Waals surface area contributed by atoms with Crippen LogP contribution in [0.25, 0.3) is 11.3 Å². The van der Waals surface area contributed by atoms with Crippen molar-refractivity contribution >= 4 is 5.82 Å². The molecule has 0 bridgehead atoms. The molecule has 0 aromatic carbocycles. The number of pyridine rings is 1. The predicted molar refractivity (Wildman–Crippen MR) is 117 cm³/mol. The average molecular weight is 448 g/mol. The minimum absolute atomic E-state index is 0.0576. The lowest BCUT2D eigenvalue weighted by molar-refractivity contribution is -0.0494. The molecule has 0 amide bonds. The Balaban J connectivity index is 1.35. The van der Waals surface area contributed by atoms with Crippen LogP contribution in [0.1, 0.15) is 51.3 Å². The molecule has 1 saturated heterocycles. The summed E-state index contributed by atoms with van der Waals surface area (Å²) in [7, 11) is 0. The van der Waals surface area contributed by atoms with Crippen molar-refractivity contribution in [3.05, 3.63) is 24.0 Å². The van der Waals surface area contributed by atoms with Gasteiger partial charge >= 0.3 is 6.61 Å². The van der Waals surface area contributed by atoms with Crippen molar-refractivity contribution in [2.45, 2.75) is 64.3 Å². The maximum Gasteiger partial charge on any atom is 0.387 e. The van der Waals surface area contributed by atoms with E-state index in [1.807, 2.05) is 0 Å². The monoisotopic (exact) mass is 447 g/mol. The third-order valence-corrected chi connectivity index (χ3v) is 7.20. The largest absolute Gasteiger partial charge is 0.431 e. The number of hydrogen-bond donors (Lipinski definition) is 1. The number of fused-ring (bicyclic) bond motifs is 1. The van der Waals surface area contributed by atoms with E-state index < -0.39 is 6.61 Å². The fourth-order valence-corrected chi connectivity index (χ4v) is 5.72. The van der Waals surface area contributed by atoms with Crippen LogP contribution in [0.5, 0.6) is 5.75 Å². The molecule has 7 nitrogen and oxygen atoms in total. The van der Waals surface area contributed by atoms with E-state index in [-0.39, 0.29) is 17.6 Å². The normalized spacial score (nSPS) is 30.2. The van der Waals surface area contributed by atoms with Crippen LogP contribution >= 0.6 is 0 Å². The summed E-state index contributed by atoms with van der Waals surface area (Å²) in [4.78, 5) is 6.64. The van der Waals surface area contributed by atoms with Crippen molar-refractivity contribution in [3.63, 3.8) is 0 Å². The van der Waals surface area contributed by atoms with Gasteiger partial charge in [0.1, 0.15) is 0 Å². The molecule has 2 saturated carbocycles. The van der Waals surface area contributed by atoms with Gasteiger partial charge in [-0.05, 0) is 57.6 Å². The number of ether oxygens (including phenoxy) is 2. The first-order valence-electron chi connectivity index (χ1n) is 11.5. The Hall–Kier alpha value is -2.26. The molecule has 3 aliphatic rings. The Labute approximate surface area is 186 Å². The number of nitrogen functional groups attached to an aromatic ring is 1. The molecule has 2 aromatic heterocycles. The molecule has 32 heavy (non-hydrogen) atoms. The van der Waals surface area contributed by atoms with Crippen LogP contribution in [0.2, 0.25) is 0 Å². The van der Waals surface area contributed by atoms with Gasteiger partial charge in [0, 0.05) is 48.5 Å². The zero-order valence-corrected chi connectivity index (χ0v) is 18.7. The Bertz CT molecular complexity index is 969. The van der Waals surface area contributed by atoms with E-state index in [4.69, 9.17) is 15.6 Å². The summed E-state index contributed by atoms with van der Waals surface area (Å²) in [5.41, 5.74) is 8.26. The van der Waals surface area contributed by atoms with E-state index in [9.17, 15) is 8.78 Å². The van der Waals surface area contributed by atoms with Crippen LogP contribution in [-0.4, -0.2) is 58.1 Å². The van der Waals surface area contributed by atoms with Crippen molar-refractivity contribution in [2.24, 2.45) is 11.8 Å². The molecular weight excluding hydrogens is 416 g/mol. The Morgan fingerprint density at radius 1 is 1.22 bits per heavy atom. The first kappa shape index (κ1) is 21.6. The average Bonchev–Trinajstić information content (AvgIpc) is 3.08. The second-order valence-electron chi connectivity index (χ2n) is 9.63. The highest BCUT2D eigenvalue weighted by Gasteiger charge is 2.58. The summed E-state index contributed by atoms with van der Waals surface area (Å²) < 4.78 is 37.7. The number of nitrogens with zero attached hydrogens (tertiary/aromatic N) is 4. The Morgan fingerprint density at radius 3 is 2.62 bits per heavy atom. The molecule has 2 aliphatic carbocycles. The number of nitrogens with two attached hydrogens (primary N) is 1. The Kier molecular flexibility index (Phi) is 5.57. The van der Waals surface area contributed by atoms with E-state index in [0.717, 1.165) is 19.7 Å². The first-order valence-corrected chi connectivity index (χ1v) is 11.5. The quantitative estimate of drug-likeness (QED) is 0.723. The van der Waals surface area contributed by atoms with Crippen LogP contribution in [-0.2, 0) is 4.74 Å². The highest BCUT2D eigenvalue weighted by Crippen LogP contribution is 2.64. The molecular formula is C23H31F2N5O2. The maximum absolute atomic E-state index is 12.7. The fourth-order valence-electron chi connectivity index (χ4n) is 5.72. The number of anilines is 1. The number of rotatable bonds is 6. The zero-order valence-electron chi connectivity index (χ0n) is 18.7. The fraction of sp³-hybridized carbons (Fsp3) is 0.652. The summed E-state index contributed by atoms with van der Waals surface area (Å²) in [6, 6.07) is 4.44. The van der Waals surface area contributed by atoms with E-state index in [0.29, 0.717) is 41.2 Å². The number of halogens is 2. The third kappa shape index (κ3) is 3.96. The number of hydrogen-bond acceptors (Lipinski definition) is 6. The van der Waals surface area contributed by atoms with Crippen molar-refractivity contribution in [2.75, 3.05) is 25.4 Å². The number of alkyl halides is 2. The number of morpholine rings is 1. The highest BCUT2D eigenvalue weighted by atomic mass is 19.3. The first-order chi connectivity index (χ1) is 15.3. The Morgan fingerprint density at radius 2 is 1.97 bits per heavy atom. The van der Waals surface area contributed by atoms with Crippen molar-refractivity contribution in [1.82, 2.24) is 19.7 Å². The molecule has 5 atom stereocenters. The van der Waals surface area contributed by atoms with Gasteiger partial charge < -0.3 is 15.2 Å². The van der Waals surface area contributed by atoms with Crippen molar-refractivity contribution in [3.8, 4) is 17.0 Å². The van der Waals surface area contributed by atoms with Gasteiger partial charge in [0.15, 0.2) is 11.6 Å². The smallest absolute Gasteiger partial charge is 0.387 e. The number of aromatic nitrogens is 3. The lowest BCUT2D eigenvalue weighted by atomic mass is 10.0. The molecule has 0 unspecified atom stereocenters. The van der Waals surface area contributed by atoms with Gasteiger partial charge in [0.2, 0.25) is 0 Å². The van der Waals surface area contributed by atoms with E-state index in [2.05, 4.69) is 46.1 Å². The minimum atomic E-state index is -2.95. The van der Waals surface area contributed by atoms with Gasteiger partial charge in [-0.1, -0.05) is 0 Å². The second-order valence-corrected chi connectivity index (χ2v) is 9.63. The van der Waals surface area contributed by atoms with Crippen molar-refractivity contribution < 1.29 is 18.3 Å². The molecule has 3 heterocycles. The standard InChI is InChI=1S/C23H31F2N5O2/c1-12(2)30-19(9-18(28-30)14-6-20(32-23(24)25)22(26)27-10-14)21-16-7-15(8-17(16)21)29-4-5-31-13(3)11-29/h6,9-10,12-13,15-17,21,23H,4-5,7-8,11H2,1-3H3,(H2,26,27)/t13-,15-,16-,17+,21+/m0/s1. The van der Waals surface area contributed by atoms with Crippen LogP contribution < -0.4 is 10.5 Å². The predicted octanol–water partition coefficient (Wildman–Crippen LogP) is 3.92. The second kappa shape index (κ2) is 8.26. The van der Waals surface area contributed by atoms with Crippen LogP contribution in [0.4, 0.5) is 14.6 Å². The van der Waals surface area contributed by atoms with Gasteiger partial charge in [-0.25, -0.2) is 4.98 Å². The topological polar surface area (TPSA) is 78.4 Å². The summed E-state index contributed by atoms with van der Waals surface area (Å²) >= 11 is 0. The lowest BCUT2D eigenvalue weighted by Gasteiger charge is -2.36. The van der Waals surface area contributed by atoms with E-state index in [1.165, 1.54) is 24.6 Å². The van der Waals surface area contributed by atoms with Gasteiger partial charge in [0.05, 0.1) is 18.4 Å².